The highest BCUT2D eigenvalue weighted by molar-refractivity contribution is 5.76. The number of hydrogen-bond acceptors (Lipinski definition) is 17. The molecule has 0 radical (unpaired) electrons. The summed E-state index contributed by atoms with van der Waals surface area (Å²) >= 11 is 0. The Bertz CT molecular complexity index is 936. The number of urea groups is 1. The van der Waals surface area contributed by atoms with E-state index in [1.165, 1.54) is 0 Å². The van der Waals surface area contributed by atoms with E-state index in [4.69, 9.17) is 53.3 Å². The second kappa shape index (κ2) is 15.3. The summed E-state index contributed by atoms with van der Waals surface area (Å²) in [7, 11) is 0. The predicted octanol–water partition coefficient (Wildman–Crippen LogP) is -8.61. The highest BCUT2D eigenvalue weighted by atomic mass is 16.7. The zero-order valence-corrected chi connectivity index (χ0v) is 23.2. The van der Waals surface area contributed by atoms with E-state index in [0.717, 1.165) is 0 Å². The number of amides is 2. The minimum atomic E-state index is -1.74. The first kappa shape index (κ1) is 35.4. The normalized spacial score (nSPS) is 43.6. The average Bonchev–Trinajstić information content (AvgIpc) is 2.96. The van der Waals surface area contributed by atoms with E-state index in [9.17, 15) is 40.6 Å². The third-order valence-corrected chi connectivity index (χ3v) is 7.62. The van der Waals surface area contributed by atoms with Gasteiger partial charge in [0.05, 0.1) is 25.2 Å². The van der Waals surface area contributed by atoms with Crippen molar-refractivity contribution in [3.05, 3.63) is 0 Å². The summed E-state index contributed by atoms with van der Waals surface area (Å²) in [4.78, 5) is 16.5. The fraction of sp³-hybridized carbons (Fsp3) is 0.909. The number of hydrogen-bond donors (Lipinski definition) is 14. The number of hydroxylamine groups is 2. The van der Waals surface area contributed by atoms with Gasteiger partial charge in [0.25, 0.3) is 0 Å². The number of guanidine groups is 1. The number of rotatable bonds is 10. The van der Waals surface area contributed by atoms with Gasteiger partial charge in [0.1, 0.15) is 61.0 Å². The number of nitrogens with two attached hydrogens (primary N) is 6. The second-order valence-electron chi connectivity index (χ2n) is 10.6. The molecule has 2 heterocycles. The quantitative estimate of drug-likeness (QED) is 0.0462. The monoisotopic (exact) mass is 627 g/mol. The van der Waals surface area contributed by atoms with E-state index in [2.05, 4.69) is 10.3 Å². The van der Waals surface area contributed by atoms with Gasteiger partial charge >= 0.3 is 6.03 Å². The van der Waals surface area contributed by atoms with Crippen molar-refractivity contribution in [1.82, 2.24) is 10.4 Å². The van der Waals surface area contributed by atoms with Crippen LogP contribution in [-0.2, 0) is 18.9 Å². The molecule has 2 aliphatic heterocycles. The van der Waals surface area contributed by atoms with E-state index < -0.39 is 110 Å². The minimum Gasteiger partial charge on any atom is -0.394 e. The van der Waals surface area contributed by atoms with Gasteiger partial charge in [-0.15, -0.1) is 0 Å². The SMILES string of the molecule is NCCN(O)C(=O)NC1CC(N)C(OC2OC(CN)C(O)C(O)C2N=C(N)N)C(O)C1OC1OC(CO)C(O)C(N)C1O. The van der Waals surface area contributed by atoms with E-state index in [-0.39, 0.29) is 26.1 Å². The summed E-state index contributed by atoms with van der Waals surface area (Å²) in [6.45, 7) is -1.23. The maximum atomic E-state index is 12.6. The number of nitrogens with zero attached hydrogens (tertiary/aromatic N) is 2. The molecule has 3 fully saturated rings. The molecule has 2 saturated heterocycles. The van der Waals surface area contributed by atoms with Crippen LogP contribution in [0.1, 0.15) is 6.42 Å². The number of carbonyl (C=O) groups excluding carboxylic acids is 1. The zero-order valence-electron chi connectivity index (χ0n) is 23.2. The van der Waals surface area contributed by atoms with Gasteiger partial charge in [0, 0.05) is 19.1 Å². The molecule has 20 N–H and O–H groups in total. The van der Waals surface area contributed by atoms with Crippen molar-refractivity contribution in [1.29, 1.82) is 0 Å². The molecule has 21 heteroatoms. The predicted molar refractivity (Wildman–Crippen MR) is 143 cm³/mol. The first-order valence-electron chi connectivity index (χ1n) is 13.7. The maximum absolute atomic E-state index is 12.6. The van der Waals surface area contributed by atoms with Crippen molar-refractivity contribution < 1.29 is 59.6 Å². The highest BCUT2D eigenvalue weighted by Gasteiger charge is 2.53. The van der Waals surface area contributed by atoms with Crippen molar-refractivity contribution in [3.8, 4) is 0 Å². The first-order valence-corrected chi connectivity index (χ1v) is 13.7. The smallest absolute Gasteiger partial charge is 0.341 e. The van der Waals surface area contributed by atoms with Crippen LogP contribution in [0.3, 0.4) is 0 Å². The highest BCUT2D eigenvalue weighted by Crippen LogP contribution is 2.32. The molecule has 15 atom stereocenters. The summed E-state index contributed by atoms with van der Waals surface area (Å²) in [5.74, 6) is -0.469. The largest absolute Gasteiger partial charge is 0.394 e. The van der Waals surface area contributed by atoms with Gasteiger partial charge in [-0.3, -0.25) is 5.21 Å². The summed E-state index contributed by atoms with van der Waals surface area (Å²) in [5.41, 5.74) is 34.2. The lowest BCUT2D eigenvalue weighted by molar-refractivity contribution is -0.319. The van der Waals surface area contributed by atoms with Crippen LogP contribution in [0.25, 0.3) is 0 Å². The summed E-state index contributed by atoms with van der Waals surface area (Å²) in [6, 6.07) is -5.95. The maximum Gasteiger partial charge on any atom is 0.341 e. The Morgan fingerprint density at radius 3 is 2.12 bits per heavy atom. The number of carbonyl (C=O) groups is 1. The average molecular weight is 628 g/mol. The molecule has 1 saturated carbocycles. The molecular weight excluding hydrogens is 582 g/mol. The number of nitrogens with one attached hydrogen (secondary N) is 1. The molecule has 250 valence electrons. The lowest BCUT2D eigenvalue weighted by atomic mass is 9.83. The standard InChI is InChI=1S/C22H45N9O12/c23-1-2-31(39)22(38)29-7-3-6(25)17(42-19-11(30-21(27)28)15(36)13(34)8(4-24)40-19)16(37)18(7)43-20-14(35)10(26)12(33)9(5-32)41-20/h6-20,32-37,39H,1-5,23-26H2,(H,29,38)(H4,27,28,30). The van der Waals surface area contributed by atoms with E-state index in [1.807, 2.05) is 0 Å². The van der Waals surface area contributed by atoms with E-state index >= 15 is 0 Å². The molecule has 0 aromatic carbocycles. The van der Waals surface area contributed by atoms with Crippen LogP contribution in [0, 0.1) is 0 Å². The van der Waals surface area contributed by atoms with Crippen LogP contribution in [0.15, 0.2) is 4.99 Å². The molecule has 3 rings (SSSR count). The van der Waals surface area contributed by atoms with Crippen LogP contribution in [0.2, 0.25) is 0 Å². The molecule has 2 amide bonds. The Morgan fingerprint density at radius 2 is 1.53 bits per heavy atom. The minimum absolute atomic E-state index is 0.0693. The Kier molecular flexibility index (Phi) is 12.6. The summed E-state index contributed by atoms with van der Waals surface area (Å²) in [5, 5.41) is 75.7. The van der Waals surface area contributed by atoms with Crippen molar-refractivity contribution >= 4 is 12.0 Å². The fourth-order valence-corrected chi connectivity index (χ4v) is 5.27. The molecule has 3 aliphatic rings. The number of ether oxygens (including phenoxy) is 4. The summed E-state index contributed by atoms with van der Waals surface area (Å²) in [6.07, 6.45) is -16.5. The van der Waals surface area contributed by atoms with Gasteiger partial charge in [-0.1, -0.05) is 0 Å². The molecule has 0 aromatic heterocycles. The van der Waals surface area contributed by atoms with Gasteiger partial charge < -0.3 is 89.3 Å². The number of aliphatic imine (C=N–C) groups is 1. The van der Waals surface area contributed by atoms with E-state index in [0.29, 0.717) is 5.06 Å². The topological polar surface area (TPSA) is 379 Å². The Morgan fingerprint density at radius 1 is 0.907 bits per heavy atom. The number of aliphatic hydroxyl groups is 6. The zero-order chi connectivity index (χ0) is 32.2. The third-order valence-electron chi connectivity index (χ3n) is 7.62. The third kappa shape index (κ3) is 7.97. The van der Waals surface area contributed by atoms with Crippen LogP contribution in [0.5, 0.6) is 0 Å². The van der Waals surface area contributed by atoms with Crippen LogP contribution < -0.4 is 39.7 Å². The summed E-state index contributed by atoms with van der Waals surface area (Å²) < 4.78 is 23.0. The van der Waals surface area contributed by atoms with Crippen molar-refractivity contribution in [2.75, 3.05) is 26.2 Å². The molecule has 43 heavy (non-hydrogen) atoms. The van der Waals surface area contributed by atoms with Gasteiger partial charge in [-0.25, -0.2) is 14.9 Å². The lowest BCUT2D eigenvalue weighted by Gasteiger charge is -2.49. The fourth-order valence-electron chi connectivity index (χ4n) is 5.27. The van der Waals surface area contributed by atoms with E-state index in [1.54, 1.807) is 0 Å². The molecule has 1 aliphatic carbocycles. The van der Waals surface area contributed by atoms with Gasteiger partial charge in [0.15, 0.2) is 18.5 Å². The number of aliphatic hydroxyl groups excluding tert-OH is 6. The van der Waals surface area contributed by atoms with Gasteiger partial charge in [-0.05, 0) is 6.42 Å². The van der Waals surface area contributed by atoms with Crippen molar-refractivity contribution in [2.24, 2.45) is 39.4 Å². The molecular formula is C22H45N9O12. The Balaban J connectivity index is 1.91. The molecule has 0 aromatic rings. The first-order chi connectivity index (χ1) is 20.2. The van der Waals surface area contributed by atoms with Crippen LogP contribution >= 0.6 is 0 Å². The molecule has 15 unspecified atom stereocenters. The van der Waals surface area contributed by atoms with Gasteiger partial charge in [0.2, 0.25) is 0 Å². The Hall–Kier alpha value is -2.06. The van der Waals surface area contributed by atoms with Crippen LogP contribution in [-0.4, -0.2) is 171 Å². The van der Waals surface area contributed by atoms with Crippen LogP contribution in [0.4, 0.5) is 4.79 Å². The molecule has 0 bridgehead atoms. The lowest BCUT2D eigenvalue weighted by Crippen LogP contribution is -2.69. The molecule has 21 nitrogen and oxygen atoms in total. The van der Waals surface area contributed by atoms with Crippen molar-refractivity contribution in [3.63, 3.8) is 0 Å². The molecule has 0 spiro atoms. The Labute approximate surface area is 246 Å². The van der Waals surface area contributed by atoms with Crippen molar-refractivity contribution in [2.45, 2.75) is 98.1 Å². The second-order valence-corrected chi connectivity index (χ2v) is 10.6. The van der Waals surface area contributed by atoms with Gasteiger partial charge in [-0.2, -0.15) is 0 Å².